The monoisotopic (exact) mass is 290 g/mol. The number of hydrogen-bond acceptors (Lipinski definition) is 4. The molecule has 0 aliphatic heterocycles. The molecule has 0 aromatic rings. The Morgan fingerprint density at radius 2 is 1.30 bits per heavy atom. The number of aliphatic hydroxyl groups is 1. The zero-order chi connectivity index (χ0) is 15.4. The lowest BCUT2D eigenvalue weighted by Crippen LogP contribution is -2.26. The molecule has 0 saturated carbocycles. The van der Waals surface area contributed by atoms with Crippen molar-refractivity contribution in [2.45, 2.75) is 72.2 Å². The minimum atomic E-state index is -0.129. The lowest BCUT2D eigenvalue weighted by molar-refractivity contribution is -0.0746. The van der Waals surface area contributed by atoms with Gasteiger partial charge in [-0.25, -0.2) is 0 Å². The normalized spacial score (nSPS) is 16.4. The van der Waals surface area contributed by atoms with Crippen molar-refractivity contribution in [3.63, 3.8) is 0 Å². The number of aliphatic hydroxyl groups excluding tert-OH is 1. The Hall–Kier alpha value is -0.160. The Bertz CT molecular complexity index is 209. The molecule has 0 aromatic carbocycles. The standard InChI is InChI=1S/C16H34O4/c1-13(2)8-6-7-9-18-15(4)11-20-16(5)12-19-14(3)10-17/h13-17H,6-12H2,1-5H3. The van der Waals surface area contributed by atoms with Gasteiger partial charge in [0.05, 0.1) is 38.1 Å². The third-order valence-corrected chi connectivity index (χ3v) is 3.07. The molecule has 0 rings (SSSR count). The summed E-state index contributed by atoms with van der Waals surface area (Å²) in [6.45, 7) is 12.3. The van der Waals surface area contributed by atoms with Crippen LogP contribution in [0.3, 0.4) is 0 Å². The predicted molar refractivity (Wildman–Crippen MR) is 82.0 cm³/mol. The molecule has 20 heavy (non-hydrogen) atoms. The summed E-state index contributed by atoms with van der Waals surface area (Å²) in [5, 5.41) is 8.85. The van der Waals surface area contributed by atoms with Crippen LogP contribution in [0.2, 0.25) is 0 Å². The van der Waals surface area contributed by atoms with Crippen molar-refractivity contribution in [1.29, 1.82) is 0 Å². The molecule has 122 valence electrons. The highest BCUT2D eigenvalue weighted by Gasteiger charge is 2.09. The van der Waals surface area contributed by atoms with Crippen LogP contribution in [0.15, 0.2) is 0 Å². The van der Waals surface area contributed by atoms with Crippen LogP contribution >= 0.6 is 0 Å². The van der Waals surface area contributed by atoms with Gasteiger partial charge in [-0.3, -0.25) is 0 Å². The van der Waals surface area contributed by atoms with E-state index in [1.807, 2.05) is 20.8 Å². The van der Waals surface area contributed by atoms with E-state index in [-0.39, 0.29) is 24.9 Å². The first-order valence-corrected chi connectivity index (χ1v) is 7.91. The first kappa shape index (κ1) is 19.8. The van der Waals surface area contributed by atoms with Crippen LogP contribution in [0.1, 0.15) is 53.9 Å². The van der Waals surface area contributed by atoms with Gasteiger partial charge in [0.1, 0.15) is 0 Å². The molecule has 3 atom stereocenters. The summed E-state index contributed by atoms with van der Waals surface area (Å²) in [6.07, 6.45) is 3.63. The van der Waals surface area contributed by atoms with Crippen molar-refractivity contribution in [3.05, 3.63) is 0 Å². The Balaban J connectivity index is 3.45. The van der Waals surface area contributed by atoms with E-state index in [1.54, 1.807) is 0 Å². The van der Waals surface area contributed by atoms with Gasteiger partial charge >= 0.3 is 0 Å². The molecule has 3 unspecified atom stereocenters. The van der Waals surface area contributed by atoms with Crippen LogP contribution in [0.5, 0.6) is 0 Å². The first-order valence-electron chi connectivity index (χ1n) is 7.91. The lowest BCUT2D eigenvalue weighted by Gasteiger charge is -2.19. The number of ether oxygens (including phenoxy) is 3. The van der Waals surface area contributed by atoms with E-state index >= 15 is 0 Å². The molecule has 0 fully saturated rings. The average Bonchev–Trinajstić information content (AvgIpc) is 2.41. The second-order valence-corrected chi connectivity index (χ2v) is 6.04. The van der Waals surface area contributed by atoms with Gasteiger partial charge in [0, 0.05) is 6.61 Å². The van der Waals surface area contributed by atoms with E-state index < -0.39 is 0 Å². The Labute approximate surface area is 124 Å². The molecule has 4 heteroatoms. The Morgan fingerprint density at radius 3 is 1.85 bits per heavy atom. The van der Waals surface area contributed by atoms with Gasteiger partial charge in [-0.2, -0.15) is 0 Å². The summed E-state index contributed by atoms with van der Waals surface area (Å²) < 4.78 is 16.8. The van der Waals surface area contributed by atoms with E-state index in [4.69, 9.17) is 19.3 Å². The van der Waals surface area contributed by atoms with Crippen molar-refractivity contribution in [1.82, 2.24) is 0 Å². The smallest absolute Gasteiger partial charge is 0.0781 e. The van der Waals surface area contributed by atoms with Gasteiger partial charge in [0.15, 0.2) is 0 Å². The van der Waals surface area contributed by atoms with Crippen LogP contribution in [0.4, 0.5) is 0 Å². The maximum atomic E-state index is 8.85. The van der Waals surface area contributed by atoms with Gasteiger partial charge in [-0.15, -0.1) is 0 Å². The second-order valence-electron chi connectivity index (χ2n) is 6.04. The number of rotatable bonds is 13. The molecule has 0 amide bonds. The highest BCUT2D eigenvalue weighted by molar-refractivity contribution is 4.55. The molecular weight excluding hydrogens is 256 g/mol. The summed E-state index contributed by atoms with van der Waals surface area (Å²) >= 11 is 0. The summed E-state index contributed by atoms with van der Waals surface area (Å²) in [5.41, 5.74) is 0. The van der Waals surface area contributed by atoms with Crippen LogP contribution in [-0.4, -0.2) is 49.8 Å². The van der Waals surface area contributed by atoms with E-state index in [1.165, 1.54) is 12.8 Å². The van der Waals surface area contributed by atoms with Crippen molar-refractivity contribution < 1.29 is 19.3 Å². The molecule has 0 aliphatic carbocycles. The maximum absolute atomic E-state index is 8.85. The zero-order valence-electron chi connectivity index (χ0n) is 13.9. The predicted octanol–water partition coefficient (Wildman–Crippen LogP) is 3.02. The summed E-state index contributed by atoms with van der Waals surface area (Å²) in [5.74, 6) is 0.776. The summed E-state index contributed by atoms with van der Waals surface area (Å²) in [6, 6.07) is 0. The minimum Gasteiger partial charge on any atom is -0.394 e. The van der Waals surface area contributed by atoms with E-state index in [0.717, 1.165) is 18.9 Å². The van der Waals surface area contributed by atoms with Gasteiger partial charge in [-0.05, 0) is 33.1 Å². The molecule has 0 heterocycles. The van der Waals surface area contributed by atoms with Gasteiger partial charge in [0.2, 0.25) is 0 Å². The maximum Gasteiger partial charge on any atom is 0.0781 e. The van der Waals surface area contributed by atoms with Gasteiger partial charge < -0.3 is 19.3 Å². The fourth-order valence-electron chi connectivity index (χ4n) is 1.69. The van der Waals surface area contributed by atoms with Gasteiger partial charge in [-0.1, -0.05) is 26.7 Å². The van der Waals surface area contributed by atoms with Crippen molar-refractivity contribution >= 4 is 0 Å². The molecular formula is C16H34O4. The topological polar surface area (TPSA) is 47.9 Å². The molecule has 0 spiro atoms. The van der Waals surface area contributed by atoms with Crippen LogP contribution < -0.4 is 0 Å². The molecule has 0 aliphatic rings. The molecule has 4 nitrogen and oxygen atoms in total. The fraction of sp³-hybridized carbons (Fsp3) is 1.00. The van der Waals surface area contributed by atoms with E-state index in [0.29, 0.717) is 13.2 Å². The van der Waals surface area contributed by atoms with E-state index in [9.17, 15) is 0 Å². The molecule has 0 saturated heterocycles. The molecule has 0 aromatic heterocycles. The van der Waals surface area contributed by atoms with Crippen molar-refractivity contribution in [2.24, 2.45) is 5.92 Å². The Kier molecular flexibility index (Phi) is 12.5. The van der Waals surface area contributed by atoms with Gasteiger partial charge in [0.25, 0.3) is 0 Å². The third-order valence-electron chi connectivity index (χ3n) is 3.07. The fourth-order valence-corrected chi connectivity index (χ4v) is 1.69. The number of unbranched alkanes of at least 4 members (excludes halogenated alkanes) is 1. The molecule has 0 bridgehead atoms. The Morgan fingerprint density at radius 1 is 0.750 bits per heavy atom. The summed E-state index contributed by atoms with van der Waals surface area (Å²) in [4.78, 5) is 0. The average molecular weight is 290 g/mol. The quantitative estimate of drug-likeness (QED) is 0.530. The molecule has 1 N–H and O–H groups in total. The van der Waals surface area contributed by atoms with Crippen LogP contribution in [0.25, 0.3) is 0 Å². The van der Waals surface area contributed by atoms with Crippen LogP contribution in [-0.2, 0) is 14.2 Å². The van der Waals surface area contributed by atoms with Crippen LogP contribution in [0, 0.1) is 5.92 Å². The number of hydrogen-bond donors (Lipinski definition) is 1. The third kappa shape index (κ3) is 12.9. The van der Waals surface area contributed by atoms with Crippen molar-refractivity contribution in [2.75, 3.05) is 26.4 Å². The van der Waals surface area contributed by atoms with Crippen molar-refractivity contribution in [3.8, 4) is 0 Å². The highest BCUT2D eigenvalue weighted by atomic mass is 16.6. The minimum absolute atomic E-state index is 0.0241. The highest BCUT2D eigenvalue weighted by Crippen LogP contribution is 2.07. The zero-order valence-corrected chi connectivity index (χ0v) is 13.9. The lowest BCUT2D eigenvalue weighted by atomic mass is 10.1. The van der Waals surface area contributed by atoms with E-state index in [2.05, 4.69) is 13.8 Å². The largest absolute Gasteiger partial charge is 0.394 e. The molecule has 0 radical (unpaired) electrons. The SMILES string of the molecule is CC(C)CCCCOC(C)COC(C)COC(C)CO. The summed E-state index contributed by atoms with van der Waals surface area (Å²) in [7, 11) is 0. The first-order chi connectivity index (χ1) is 9.45. The second kappa shape index (κ2) is 12.6.